The van der Waals surface area contributed by atoms with Crippen LogP contribution < -0.4 is 5.73 Å². The molecule has 9 heteroatoms. The van der Waals surface area contributed by atoms with Crippen molar-refractivity contribution in [2.24, 2.45) is 0 Å². The van der Waals surface area contributed by atoms with Crippen LogP contribution in [0.5, 0.6) is 0 Å². The molecular formula is C18H16N8O. The highest BCUT2D eigenvalue weighted by Crippen LogP contribution is 2.36. The van der Waals surface area contributed by atoms with Gasteiger partial charge in [0.15, 0.2) is 5.65 Å². The molecule has 0 fully saturated rings. The Morgan fingerprint density at radius 2 is 1.89 bits per heavy atom. The van der Waals surface area contributed by atoms with Gasteiger partial charge in [-0.05, 0) is 29.4 Å². The maximum absolute atomic E-state index is 6.53. The van der Waals surface area contributed by atoms with E-state index in [0.29, 0.717) is 34.8 Å². The summed E-state index contributed by atoms with van der Waals surface area (Å²) in [5, 5.41) is 7.61. The molecule has 5 rings (SSSR count). The van der Waals surface area contributed by atoms with Gasteiger partial charge in [-0.25, -0.2) is 19.6 Å². The summed E-state index contributed by atoms with van der Waals surface area (Å²) >= 11 is 0. The lowest BCUT2D eigenvalue weighted by Crippen LogP contribution is -2.04. The van der Waals surface area contributed by atoms with Crippen LogP contribution in [0, 0.1) is 0 Å². The second-order valence-electron chi connectivity index (χ2n) is 6.14. The Balaban J connectivity index is 1.93. The molecule has 0 amide bonds. The van der Waals surface area contributed by atoms with Crippen LogP contribution in [0.3, 0.4) is 0 Å². The lowest BCUT2D eigenvalue weighted by atomic mass is 10.2. The highest BCUT2D eigenvalue weighted by Gasteiger charge is 2.25. The van der Waals surface area contributed by atoms with Crippen molar-refractivity contribution in [3.05, 3.63) is 36.9 Å². The average molecular weight is 360 g/mol. The van der Waals surface area contributed by atoms with Gasteiger partial charge in [0.05, 0.1) is 16.6 Å². The first-order valence-corrected chi connectivity index (χ1v) is 8.57. The standard InChI is InChI=1S/C18H16N8O/c1-3-9-26-14(19)12(13-18(26)22-16-15(21-13)23-27-24-16)17-20-10-7-5-6-8-11(10)25(17)4-2/h3,5-8H,1,4,9,19H2,2H3. The van der Waals surface area contributed by atoms with Crippen LogP contribution in [0.4, 0.5) is 5.82 Å². The van der Waals surface area contributed by atoms with Crippen LogP contribution in [0.1, 0.15) is 6.92 Å². The van der Waals surface area contributed by atoms with Crippen molar-refractivity contribution in [1.29, 1.82) is 0 Å². The largest absolute Gasteiger partial charge is 0.384 e. The fraction of sp³-hybridized carbons (Fsp3) is 0.167. The van der Waals surface area contributed by atoms with E-state index in [1.54, 1.807) is 6.08 Å². The number of imidazole rings is 1. The number of rotatable bonds is 4. The first-order valence-electron chi connectivity index (χ1n) is 8.57. The summed E-state index contributed by atoms with van der Waals surface area (Å²) < 4.78 is 8.73. The molecular weight excluding hydrogens is 344 g/mol. The molecule has 0 aliphatic carbocycles. The van der Waals surface area contributed by atoms with Crippen LogP contribution in [0.25, 0.3) is 44.9 Å². The smallest absolute Gasteiger partial charge is 0.245 e. The predicted octanol–water partition coefficient (Wildman–Crippen LogP) is 2.77. The molecule has 0 saturated carbocycles. The molecule has 134 valence electrons. The summed E-state index contributed by atoms with van der Waals surface area (Å²) in [6, 6.07) is 7.98. The molecule has 0 unspecified atom stereocenters. The third kappa shape index (κ3) is 2.08. The van der Waals surface area contributed by atoms with Crippen molar-refractivity contribution in [3.63, 3.8) is 0 Å². The Morgan fingerprint density at radius 1 is 1.11 bits per heavy atom. The van der Waals surface area contributed by atoms with Gasteiger partial charge in [-0.1, -0.05) is 18.2 Å². The Labute approximate surface area is 153 Å². The molecule has 1 aromatic carbocycles. The van der Waals surface area contributed by atoms with Crippen molar-refractivity contribution in [2.75, 3.05) is 5.73 Å². The zero-order valence-corrected chi connectivity index (χ0v) is 14.6. The number of hydrogen-bond acceptors (Lipinski definition) is 7. The summed E-state index contributed by atoms with van der Waals surface area (Å²) in [6.07, 6.45) is 1.76. The molecule has 2 N–H and O–H groups in total. The molecule has 4 heterocycles. The van der Waals surface area contributed by atoms with Crippen molar-refractivity contribution >= 4 is 39.3 Å². The average Bonchev–Trinajstić information content (AvgIpc) is 3.34. The third-order valence-corrected chi connectivity index (χ3v) is 4.64. The fourth-order valence-electron chi connectivity index (χ4n) is 3.48. The maximum atomic E-state index is 6.53. The van der Waals surface area contributed by atoms with E-state index in [0.717, 1.165) is 29.0 Å². The van der Waals surface area contributed by atoms with E-state index in [1.807, 2.05) is 28.8 Å². The number of aromatic nitrogens is 7. The minimum absolute atomic E-state index is 0.332. The SMILES string of the molecule is C=CCn1c(N)c(-c2nc3ccccc3n2CC)c2nc3nonc3nc21. The number of hydrogen-bond donors (Lipinski definition) is 1. The normalized spacial score (nSPS) is 11.7. The highest BCUT2D eigenvalue weighted by atomic mass is 16.6. The number of fused-ring (bicyclic) bond motifs is 3. The van der Waals surface area contributed by atoms with Crippen LogP contribution in [-0.4, -0.2) is 34.4 Å². The Kier molecular flexibility index (Phi) is 3.23. The summed E-state index contributed by atoms with van der Waals surface area (Å²) in [4.78, 5) is 14.0. The molecule has 0 aliphatic rings. The number of allylic oxidation sites excluding steroid dienone is 1. The number of nitrogens with two attached hydrogens (primary N) is 1. The van der Waals surface area contributed by atoms with E-state index in [4.69, 9.17) is 15.3 Å². The topological polar surface area (TPSA) is 113 Å². The number of anilines is 1. The van der Waals surface area contributed by atoms with E-state index in [1.165, 1.54) is 0 Å². The minimum Gasteiger partial charge on any atom is -0.384 e. The van der Waals surface area contributed by atoms with Gasteiger partial charge in [0.1, 0.15) is 17.2 Å². The molecule has 0 spiro atoms. The van der Waals surface area contributed by atoms with Crippen LogP contribution in [-0.2, 0) is 13.1 Å². The zero-order chi connectivity index (χ0) is 18.5. The van der Waals surface area contributed by atoms with E-state index < -0.39 is 0 Å². The van der Waals surface area contributed by atoms with E-state index in [2.05, 4.69) is 38.4 Å². The lowest BCUT2D eigenvalue weighted by Gasteiger charge is -2.07. The summed E-state index contributed by atoms with van der Waals surface area (Å²) in [5.74, 6) is 1.27. The summed E-state index contributed by atoms with van der Waals surface area (Å²) in [5.41, 5.74) is 11.1. The second kappa shape index (κ2) is 5.63. The number of aryl methyl sites for hydroxylation is 1. The van der Waals surface area contributed by atoms with Crippen molar-refractivity contribution in [1.82, 2.24) is 34.4 Å². The zero-order valence-electron chi connectivity index (χ0n) is 14.6. The minimum atomic E-state index is 0.332. The molecule has 27 heavy (non-hydrogen) atoms. The molecule has 0 aliphatic heterocycles. The van der Waals surface area contributed by atoms with Crippen molar-refractivity contribution < 1.29 is 4.63 Å². The van der Waals surface area contributed by atoms with Gasteiger partial charge in [-0.2, -0.15) is 0 Å². The Hall–Kier alpha value is -3.75. The first kappa shape index (κ1) is 15.5. The van der Waals surface area contributed by atoms with Gasteiger partial charge in [0.25, 0.3) is 0 Å². The molecule has 4 aromatic heterocycles. The van der Waals surface area contributed by atoms with E-state index in [9.17, 15) is 0 Å². The molecule has 0 radical (unpaired) electrons. The molecule has 0 bridgehead atoms. The molecule has 0 saturated heterocycles. The lowest BCUT2D eigenvalue weighted by molar-refractivity contribution is 0.314. The van der Waals surface area contributed by atoms with Crippen molar-refractivity contribution in [3.8, 4) is 11.4 Å². The number of benzene rings is 1. The van der Waals surface area contributed by atoms with Crippen LogP contribution in [0.15, 0.2) is 41.5 Å². The van der Waals surface area contributed by atoms with Crippen LogP contribution >= 0.6 is 0 Å². The van der Waals surface area contributed by atoms with Gasteiger partial charge in [-0.3, -0.25) is 0 Å². The second-order valence-corrected chi connectivity index (χ2v) is 6.14. The van der Waals surface area contributed by atoms with Crippen LogP contribution in [0.2, 0.25) is 0 Å². The van der Waals surface area contributed by atoms with Crippen molar-refractivity contribution in [2.45, 2.75) is 20.0 Å². The number of nitrogen functional groups attached to an aromatic ring is 1. The number of nitrogens with zero attached hydrogens (tertiary/aromatic N) is 7. The van der Waals surface area contributed by atoms with E-state index in [-0.39, 0.29) is 0 Å². The predicted molar refractivity (Wildman–Crippen MR) is 102 cm³/mol. The van der Waals surface area contributed by atoms with Gasteiger partial charge in [-0.15, -0.1) is 6.58 Å². The Morgan fingerprint density at radius 3 is 2.67 bits per heavy atom. The quantitative estimate of drug-likeness (QED) is 0.490. The maximum Gasteiger partial charge on any atom is 0.245 e. The fourth-order valence-corrected chi connectivity index (χ4v) is 3.48. The monoisotopic (exact) mass is 360 g/mol. The summed E-state index contributed by atoms with van der Waals surface area (Å²) in [7, 11) is 0. The third-order valence-electron chi connectivity index (χ3n) is 4.64. The Bertz CT molecular complexity index is 1330. The molecule has 0 atom stereocenters. The molecule has 5 aromatic rings. The van der Waals surface area contributed by atoms with Gasteiger partial charge in [0, 0.05) is 13.1 Å². The van der Waals surface area contributed by atoms with Gasteiger partial charge < -0.3 is 14.9 Å². The van der Waals surface area contributed by atoms with Gasteiger partial charge >= 0.3 is 0 Å². The van der Waals surface area contributed by atoms with E-state index >= 15 is 0 Å². The summed E-state index contributed by atoms with van der Waals surface area (Å²) in [6.45, 7) is 7.11. The highest BCUT2D eigenvalue weighted by molar-refractivity contribution is 6.00. The molecule has 9 nitrogen and oxygen atoms in total. The van der Waals surface area contributed by atoms with Gasteiger partial charge in [0.2, 0.25) is 11.3 Å². The first-order chi connectivity index (χ1) is 13.2. The number of para-hydroxylation sites is 2.